The van der Waals surface area contributed by atoms with E-state index in [0.29, 0.717) is 6.54 Å². The minimum Gasteiger partial charge on any atom is -0.444 e. The summed E-state index contributed by atoms with van der Waals surface area (Å²) in [7, 11) is 0. The predicted molar refractivity (Wildman–Crippen MR) is 76.3 cm³/mol. The molecule has 0 spiro atoms. The van der Waals surface area contributed by atoms with Crippen LogP contribution >= 0.6 is 0 Å². The average Bonchev–Trinajstić information content (AvgIpc) is 2.26. The number of rotatable bonds is 5. The molecule has 1 aromatic rings. The molecule has 0 aliphatic heterocycles. The van der Waals surface area contributed by atoms with E-state index in [1.807, 2.05) is 40.0 Å². The maximum atomic E-state index is 11.4. The van der Waals surface area contributed by atoms with Gasteiger partial charge in [0.2, 0.25) is 0 Å². The summed E-state index contributed by atoms with van der Waals surface area (Å²) in [5.41, 5.74) is 1.67. The van der Waals surface area contributed by atoms with Crippen molar-refractivity contribution in [3.8, 4) is 0 Å². The first-order chi connectivity index (χ1) is 8.87. The van der Waals surface area contributed by atoms with E-state index < -0.39 is 5.60 Å². The summed E-state index contributed by atoms with van der Waals surface area (Å²) in [5.74, 6) is 0. The van der Waals surface area contributed by atoms with Crippen molar-refractivity contribution in [1.29, 1.82) is 0 Å². The second kappa shape index (κ2) is 6.97. The zero-order chi connectivity index (χ0) is 14.3. The van der Waals surface area contributed by atoms with E-state index in [9.17, 15) is 4.79 Å². The van der Waals surface area contributed by atoms with Crippen molar-refractivity contribution in [2.75, 3.05) is 18.4 Å². The van der Waals surface area contributed by atoms with Gasteiger partial charge in [-0.05, 0) is 45.7 Å². The second-order valence-corrected chi connectivity index (χ2v) is 5.46. The van der Waals surface area contributed by atoms with Crippen LogP contribution in [0.5, 0.6) is 0 Å². The highest BCUT2D eigenvalue weighted by atomic mass is 16.6. The molecule has 1 heterocycles. The lowest BCUT2D eigenvalue weighted by Gasteiger charge is -2.19. The van der Waals surface area contributed by atoms with Gasteiger partial charge in [-0.25, -0.2) is 4.79 Å². The molecule has 1 rings (SSSR count). The van der Waals surface area contributed by atoms with E-state index in [1.165, 1.54) is 0 Å². The van der Waals surface area contributed by atoms with Gasteiger partial charge in [0.15, 0.2) is 0 Å². The van der Waals surface area contributed by atoms with Crippen molar-refractivity contribution in [3.05, 3.63) is 24.0 Å². The molecule has 0 bridgehead atoms. The number of nitrogens with one attached hydrogen (secondary N) is 2. The van der Waals surface area contributed by atoms with Crippen LogP contribution < -0.4 is 10.6 Å². The van der Waals surface area contributed by atoms with Crippen LogP contribution in [0.25, 0.3) is 0 Å². The number of aromatic nitrogens is 1. The third kappa shape index (κ3) is 7.28. The Morgan fingerprint density at radius 3 is 2.68 bits per heavy atom. The molecule has 0 saturated carbocycles. The Labute approximate surface area is 114 Å². The number of carbonyl (C=O) groups excluding carboxylic acids is 1. The maximum absolute atomic E-state index is 11.4. The molecule has 0 saturated heterocycles. The number of hydrogen-bond acceptors (Lipinski definition) is 4. The van der Waals surface area contributed by atoms with Gasteiger partial charge >= 0.3 is 6.09 Å². The first-order valence-electron chi connectivity index (χ1n) is 6.49. The molecule has 2 N–H and O–H groups in total. The SMILES string of the molecule is Cc1cncc(NCCCNC(=O)OC(C)(C)C)c1. The minimum atomic E-state index is -0.449. The van der Waals surface area contributed by atoms with Crippen molar-refractivity contribution < 1.29 is 9.53 Å². The first kappa shape index (κ1) is 15.3. The molecule has 0 aliphatic rings. The van der Waals surface area contributed by atoms with Crippen LogP contribution in [0.15, 0.2) is 18.5 Å². The molecule has 0 radical (unpaired) electrons. The highest BCUT2D eigenvalue weighted by molar-refractivity contribution is 5.67. The normalized spacial score (nSPS) is 10.9. The summed E-state index contributed by atoms with van der Waals surface area (Å²) in [6.07, 6.45) is 4.06. The van der Waals surface area contributed by atoms with Gasteiger partial charge in [-0.1, -0.05) is 0 Å². The van der Waals surface area contributed by atoms with Gasteiger partial charge in [0.1, 0.15) is 5.60 Å². The number of amides is 1. The van der Waals surface area contributed by atoms with Crippen LogP contribution in [0.3, 0.4) is 0 Å². The Hall–Kier alpha value is -1.78. The highest BCUT2D eigenvalue weighted by Crippen LogP contribution is 2.07. The third-order valence-corrected chi connectivity index (χ3v) is 2.23. The van der Waals surface area contributed by atoms with E-state index >= 15 is 0 Å². The number of carbonyl (C=O) groups is 1. The molecule has 19 heavy (non-hydrogen) atoms. The van der Waals surface area contributed by atoms with Gasteiger partial charge in [0.25, 0.3) is 0 Å². The van der Waals surface area contributed by atoms with Crippen molar-refractivity contribution in [2.24, 2.45) is 0 Å². The summed E-state index contributed by atoms with van der Waals surface area (Å²) in [4.78, 5) is 15.5. The number of ether oxygens (including phenoxy) is 1. The largest absolute Gasteiger partial charge is 0.444 e. The van der Waals surface area contributed by atoms with Crippen LogP contribution in [-0.4, -0.2) is 29.8 Å². The van der Waals surface area contributed by atoms with E-state index in [2.05, 4.69) is 15.6 Å². The maximum Gasteiger partial charge on any atom is 0.407 e. The molecule has 0 unspecified atom stereocenters. The Morgan fingerprint density at radius 1 is 1.32 bits per heavy atom. The number of aryl methyl sites for hydroxylation is 1. The number of alkyl carbamates (subject to hydrolysis) is 1. The third-order valence-electron chi connectivity index (χ3n) is 2.23. The first-order valence-corrected chi connectivity index (χ1v) is 6.49. The average molecular weight is 265 g/mol. The van der Waals surface area contributed by atoms with Gasteiger partial charge in [0, 0.05) is 25.5 Å². The van der Waals surface area contributed by atoms with Gasteiger partial charge in [-0.2, -0.15) is 0 Å². The van der Waals surface area contributed by atoms with E-state index in [4.69, 9.17) is 4.74 Å². The number of nitrogens with zero attached hydrogens (tertiary/aromatic N) is 1. The van der Waals surface area contributed by atoms with Crippen LogP contribution in [-0.2, 0) is 4.74 Å². The number of hydrogen-bond donors (Lipinski definition) is 2. The topological polar surface area (TPSA) is 63.2 Å². The molecule has 5 nitrogen and oxygen atoms in total. The fourth-order valence-electron chi connectivity index (χ4n) is 1.48. The fraction of sp³-hybridized carbons (Fsp3) is 0.571. The quantitative estimate of drug-likeness (QED) is 0.803. The van der Waals surface area contributed by atoms with Crippen molar-refractivity contribution in [1.82, 2.24) is 10.3 Å². The summed E-state index contributed by atoms with van der Waals surface area (Å²) >= 11 is 0. The van der Waals surface area contributed by atoms with E-state index in [1.54, 1.807) is 6.20 Å². The lowest BCUT2D eigenvalue weighted by Crippen LogP contribution is -2.33. The summed E-state index contributed by atoms with van der Waals surface area (Å²) < 4.78 is 5.14. The van der Waals surface area contributed by atoms with Gasteiger partial charge in [-0.3, -0.25) is 4.98 Å². The van der Waals surface area contributed by atoms with Crippen LogP contribution in [0.4, 0.5) is 10.5 Å². The fourth-order valence-corrected chi connectivity index (χ4v) is 1.48. The monoisotopic (exact) mass is 265 g/mol. The summed E-state index contributed by atoms with van der Waals surface area (Å²) in [5, 5.41) is 5.97. The molecule has 5 heteroatoms. The molecule has 106 valence electrons. The van der Waals surface area contributed by atoms with Gasteiger partial charge in [-0.15, -0.1) is 0 Å². The molecule has 0 fully saturated rings. The van der Waals surface area contributed by atoms with Crippen molar-refractivity contribution in [2.45, 2.75) is 39.7 Å². The molecule has 0 atom stereocenters. The Balaban J connectivity index is 2.13. The molecule has 0 aliphatic carbocycles. The second-order valence-electron chi connectivity index (χ2n) is 5.46. The summed E-state index contributed by atoms with van der Waals surface area (Å²) in [6.45, 7) is 8.90. The van der Waals surface area contributed by atoms with Gasteiger partial charge in [0.05, 0.1) is 5.69 Å². The minimum absolute atomic E-state index is 0.371. The number of pyridine rings is 1. The van der Waals surface area contributed by atoms with Crippen molar-refractivity contribution >= 4 is 11.8 Å². The smallest absolute Gasteiger partial charge is 0.407 e. The molecule has 1 amide bonds. The zero-order valence-corrected chi connectivity index (χ0v) is 12.1. The van der Waals surface area contributed by atoms with Crippen LogP contribution in [0.1, 0.15) is 32.8 Å². The Kier molecular flexibility index (Phi) is 5.60. The number of anilines is 1. The van der Waals surface area contributed by atoms with E-state index in [0.717, 1.165) is 24.2 Å². The molecule has 1 aromatic heterocycles. The Bertz CT molecular complexity index is 413. The van der Waals surface area contributed by atoms with Crippen LogP contribution in [0, 0.1) is 6.92 Å². The molecule has 0 aromatic carbocycles. The molecular formula is C14H23N3O2. The van der Waals surface area contributed by atoms with Gasteiger partial charge < -0.3 is 15.4 Å². The highest BCUT2D eigenvalue weighted by Gasteiger charge is 2.15. The lowest BCUT2D eigenvalue weighted by molar-refractivity contribution is 0.0528. The zero-order valence-electron chi connectivity index (χ0n) is 12.1. The standard InChI is InChI=1S/C14H23N3O2/c1-11-8-12(10-15-9-11)16-6-5-7-17-13(18)19-14(2,3)4/h8-10,16H,5-7H2,1-4H3,(H,17,18). The van der Waals surface area contributed by atoms with Crippen LogP contribution in [0.2, 0.25) is 0 Å². The van der Waals surface area contributed by atoms with E-state index in [-0.39, 0.29) is 6.09 Å². The Morgan fingerprint density at radius 2 is 2.05 bits per heavy atom. The summed E-state index contributed by atoms with van der Waals surface area (Å²) in [6, 6.07) is 2.04. The predicted octanol–water partition coefficient (Wildman–Crippen LogP) is 2.72. The lowest BCUT2D eigenvalue weighted by atomic mass is 10.2. The van der Waals surface area contributed by atoms with Crippen molar-refractivity contribution in [3.63, 3.8) is 0 Å². The molecular weight excluding hydrogens is 242 g/mol.